The summed E-state index contributed by atoms with van der Waals surface area (Å²) in [5.74, 6) is -0.872. The number of nitrogens with zero attached hydrogens (tertiary/aromatic N) is 2. The molecular formula is C9H16N4O4S. The Labute approximate surface area is 105 Å². The van der Waals surface area contributed by atoms with Gasteiger partial charge in [-0.15, -0.1) is 0 Å². The number of rotatable bonds is 6. The first-order valence-electron chi connectivity index (χ1n) is 5.23. The minimum Gasteiger partial charge on any atom is -0.477 e. The summed E-state index contributed by atoms with van der Waals surface area (Å²) in [6, 6.07) is 0. The lowest BCUT2D eigenvalue weighted by Crippen LogP contribution is -2.19. The second kappa shape index (κ2) is 5.36. The third-order valence-corrected chi connectivity index (χ3v) is 3.19. The van der Waals surface area contributed by atoms with E-state index in [1.807, 2.05) is 0 Å². The first-order chi connectivity index (χ1) is 8.22. The summed E-state index contributed by atoms with van der Waals surface area (Å²) in [5, 5.41) is 20.7. The van der Waals surface area contributed by atoms with Crippen LogP contribution in [0.15, 0.2) is 0 Å². The molecule has 1 rings (SSSR count). The van der Waals surface area contributed by atoms with Gasteiger partial charge in [-0.25, -0.2) is 18.4 Å². The van der Waals surface area contributed by atoms with Gasteiger partial charge in [-0.1, -0.05) is 0 Å². The van der Waals surface area contributed by atoms with Crippen LogP contribution in [0.1, 0.15) is 22.5 Å². The van der Waals surface area contributed by atoms with E-state index in [2.05, 4.69) is 10.4 Å². The molecular weight excluding hydrogens is 260 g/mol. The maximum atomic E-state index is 11.0. The van der Waals surface area contributed by atoms with Gasteiger partial charge in [0.25, 0.3) is 0 Å². The Kier molecular flexibility index (Phi) is 4.30. The van der Waals surface area contributed by atoms with Crippen molar-refractivity contribution in [2.75, 3.05) is 17.6 Å². The van der Waals surface area contributed by atoms with Crippen molar-refractivity contribution in [3.05, 3.63) is 11.3 Å². The van der Waals surface area contributed by atoms with Crippen molar-refractivity contribution < 1.29 is 18.3 Å². The number of hydrogen-bond acceptors (Lipinski definition) is 5. The predicted octanol–water partition coefficient (Wildman–Crippen LogP) is -0.483. The van der Waals surface area contributed by atoms with Gasteiger partial charge < -0.3 is 10.4 Å². The van der Waals surface area contributed by atoms with Gasteiger partial charge in [0, 0.05) is 13.6 Å². The third-order valence-electron chi connectivity index (χ3n) is 2.33. The lowest BCUT2D eigenvalue weighted by atomic mass is 10.2. The van der Waals surface area contributed by atoms with Crippen LogP contribution < -0.4 is 10.5 Å². The number of carboxylic acids is 1. The van der Waals surface area contributed by atoms with Crippen LogP contribution in [-0.2, 0) is 17.1 Å². The summed E-state index contributed by atoms with van der Waals surface area (Å²) >= 11 is 0. The highest BCUT2D eigenvalue weighted by atomic mass is 32.2. The number of aryl methyl sites for hydroxylation is 2. The lowest BCUT2D eigenvalue weighted by Gasteiger charge is -2.07. The van der Waals surface area contributed by atoms with Crippen LogP contribution in [0.4, 0.5) is 5.82 Å². The molecule has 0 aromatic carbocycles. The van der Waals surface area contributed by atoms with E-state index in [9.17, 15) is 13.2 Å². The Morgan fingerprint density at radius 2 is 2.17 bits per heavy atom. The fraction of sp³-hybridized carbons (Fsp3) is 0.556. The molecule has 0 aliphatic carbocycles. The van der Waals surface area contributed by atoms with Crippen molar-refractivity contribution in [3.8, 4) is 0 Å². The number of carboxylic acid groups (broad SMARTS) is 1. The van der Waals surface area contributed by atoms with Crippen molar-refractivity contribution in [2.24, 2.45) is 12.2 Å². The van der Waals surface area contributed by atoms with Crippen molar-refractivity contribution >= 4 is 21.8 Å². The van der Waals surface area contributed by atoms with E-state index in [0.29, 0.717) is 24.5 Å². The van der Waals surface area contributed by atoms with Crippen LogP contribution in [0.3, 0.4) is 0 Å². The van der Waals surface area contributed by atoms with Gasteiger partial charge in [0.1, 0.15) is 11.4 Å². The lowest BCUT2D eigenvalue weighted by molar-refractivity contribution is 0.0697. The molecule has 1 aromatic heterocycles. The van der Waals surface area contributed by atoms with E-state index >= 15 is 0 Å². The van der Waals surface area contributed by atoms with Gasteiger partial charge in [0.2, 0.25) is 10.0 Å². The summed E-state index contributed by atoms with van der Waals surface area (Å²) in [5.41, 5.74) is 0.493. The summed E-state index contributed by atoms with van der Waals surface area (Å²) < 4.78 is 22.9. The molecule has 0 saturated carbocycles. The monoisotopic (exact) mass is 276 g/mol. The number of sulfonamides is 1. The number of nitrogens with two attached hydrogens (primary N) is 1. The van der Waals surface area contributed by atoms with E-state index in [0.717, 1.165) is 0 Å². The fourth-order valence-corrected chi connectivity index (χ4v) is 2.14. The van der Waals surface area contributed by atoms with E-state index in [1.165, 1.54) is 4.68 Å². The Balaban J connectivity index is 2.70. The molecule has 1 heterocycles. The van der Waals surface area contributed by atoms with Crippen LogP contribution in [0.2, 0.25) is 0 Å². The normalized spacial score (nSPS) is 11.5. The minimum atomic E-state index is -3.49. The maximum absolute atomic E-state index is 11.0. The van der Waals surface area contributed by atoms with Crippen molar-refractivity contribution in [1.82, 2.24) is 9.78 Å². The Morgan fingerprint density at radius 1 is 1.56 bits per heavy atom. The molecule has 4 N–H and O–H groups in total. The number of anilines is 1. The molecule has 0 atom stereocenters. The standard InChI is InChI=1S/C9H16N4O4S/c1-6-7(9(14)15)8(13(2)12-6)11-4-3-5-18(10,16)17/h11H,3-5H2,1-2H3,(H,14,15)(H2,10,16,17). The third kappa shape index (κ3) is 3.70. The zero-order chi connectivity index (χ0) is 13.9. The van der Waals surface area contributed by atoms with Crippen LogP contribution in [0, 0.1) is 6.92 Å². The first kappa shape index (κ1) is 14.5. The van der Waals surface area contributed by atoms with Crippen LogP contribution in [0.25, 0.3) is 0 Å². The number of carbonyl (C=O) groups is 1. The van der Waals surface area contributed by atoms with Gasteiger partial charge in [-0.05, 0) is 13.3 Å². The summed E-state index contributed by atoms with van der Waals surface area (Å²) in [6.45, 7) is 1.90. The van der Waals surface area contributed by atoms with E-state index in [-0.39, 0.29) is 11.3 Å². The molecule has 0 bridgehead atoms. The predicted molar refractivity (Wildman–Crippen MR) is 66.0 cm³/mol. The first-order valence-corrected chi connectivity index (χ1v) is 6.95. The van der Waals surface area contributed by atoms with Crippen LogP contribution >= 0.6 is 0 Å². The number of primary sulfonamides is 1. The quantitative estimate of drug-likeness (QED) is 0.602. The molecule has 0 aliphatic heterocycles. The molecule has 0 spiro atoms. The smallest absolute Gasteiger partial charge is 0.341 e. The number of aromatic nitrogens is 2. The Bertz CT molecular complexity index is 549. The van der Waals surface area contributed by atoms with Gasteiger partial charge in [0.05, 0.1) is 11.4 Å². The minimum absolute atomic E-state index is 0.0908. The van der Waals surface area contributed by atoms with E-state index in [1.54, 1.807) is 14.0 Å². The molecule has 0 fully saturated rings. The molecule has 0 aliphatic rings. The summed E-state index contributed by atoms with van der Waals surface area (Å²) in [7, 11) is -1.88. The average Bonchev–Trinajstić information content (AvgIpc) is 2.46. The van der Waals surface area contributed by atoms with Crippen LogP contribution in [0.5, 0.6) is 0 Å². The van der Waals surface area contributed by atoms with Crippen LogP contribution in [-0.4, -0.2) is 41.6 Å². The highest BCUT2D eigenvalue weighted by molar-refractivity contribution is 7.89. The molecule has 0 saturated heterocycles. The Morgan fingerprint density at radius 3 is 2.67 bits per heavy atom. The highest BCUT2D eigenvalue weighted by Crippen LogP contribution is 2.18. The topological polar surface area (TPSA) is 127 Å². The molecule has 0 unspecified atom stereocenters. The van der Waals surface area contributed by atoms with Gasteiger partial charge in [0.15, 0.2) is 0 Å². The van der Waals surface area contributed by atoms with Gasteiger partial charge >= 0.3 is 5.97 Å². The average molecular weight is 276 g/mol. The number of aromatic carboxylic acids is 1. The van der Waals surface area contributed by atoms with Gasteiger partial charge in [-0.2, -0.15) is 5.10 Å². The molecule has 0 amide bonds. The van der Waals surface area contributed by atoms with Crippen molar-refractivity contribution in [2.45, 2.75) is 13.3 Å². The SMILES string of the molecule is Cc1nn(C)c(NCCCS(N)(=O)=O)c1C(=O)O. The fourth-order valence-electron chi connectivity index (χ4n) is 1.60. The number of nitrogens with one attached hydrogen (secondary N) is 1. The van der Waals surface area contributed by atoms with Crippen molar-refractivity contribution in [1.29, 1.82) is 0 Å². The molecule has 102 valence electrons. The van der Waals surface area contributed by atoms with Crippen molar-refractivity contribution in [3.63, 3.8) is 0 Å². The Hall–Kier alpha value is -1.61. The molecule has 9 heteroatoms. The molecule has 18 heavy (non-hydrogen) atoms. The summed E-state index contributed by atoms with van der Waals surface area (Å²) in [4.78, 5) is 11.0. The molecule has 0 radical (unpaired) electrons. The maximum Gasteiger partial charge on any atom is 0.341 e. The summed E-state index contributed by atoms with van der Waals surface area (Å²) in [6.07, 6.45) is 0.294. The zero-order valence-corrected chi connectivity index (χ0v) is 11.0. The van der Waals surface area contributed by atoms with E-state index < -0.39 is 16.0 Å². The molecule has 8 nitrogen and oxygen atoms in total. The van der Waals surface area contributed by atoms with Gasteiger partial charge in [-0.3, -0.25) is 4.68 Å². The second-order valence-electron chi connectivity index (χ2n) is 3.89. The highest BCUT2D eigenvalue weighted by Gasteiger charge is 2.19. The largest absolute Gasteiger partial charge is 0.477 e. The van der Waals surface area contributed by atoms with E-state index in [4.69, 9.17) is 10.2 Å². The number of hydrogen-bond donors (Lipinski definition) is 3. The second-order valence-corrected chi connectivity index (χ2v) is 5.62. The zero-order valence-electron chi connectivity index (χ0n) is 10.2. The molecule has 1 aromatic rings.